The van der Waals surface area contributed by atoms with Crippen LogP contribution in [-0.4, -0.2) is 22.9 Å². The summed E-state index contributed by atoms with van der Waals surface area (Å²) in [6, 6.07) is 16.6. The minimum absolute atomic E-state index is 0.184. The van der Waals surface area contributed by atoms with Crippen molar-refractivity contribution in [2.24, 2.45) is 0 Å². The highest BCUT2D eigenvalue weighted by molar-refractivity contribution is 5.86. The first-order chi connectivity index (χ1) is 12.1. The fourth-order valence-corrected chi connectivity index (χ4v) is 2.79. The molecule has 0 spiro atoms. The second-order valence-electron chi connectivity index (χ2n) is 5.91. The molecule has 0 radical (unpaired) electrons. The molecule has 1 amide bonds. The summed E-state index contributed by atoms with van der Waals surface area (Å²) < 4.78 is 5.39. The standard InChI is InChI=1S/C20H20N2O3/c1-14(23)22-19(20(24)25-13-15-7-3-2-4-8-15)11-16-12-21-18-10-6-5-9-17(16)18/h2-10,12,19,21H,11,13H2,1H3,(H,22,23)/t19-/m0/s1. The van der Waals surface area contributed by atoms with Crippen molar-refractivity contribution in [1.82, 2.24) is 10.3 Å². The highest BCUT2D eigenvalue weighted by Crippen LogP contribution is 2.19. The Bertz CT molecular complexity index is 871. The minimum atomic E-state index is -0.722. The second kappa shape index (κ2) is 7.66. The first-order valence-electron chi connectivity index (χ1n) is 8.16. The first-order valence-corrected chi connectivity index (χ1v) is 8.16. The van der Waals surface area contributed by atoms with Crippen molar-refractivity contribution in [2.45, 2.75) is 26.0 Å². The van der Waals surface area contributed by atoms with E-state index in [4.69, 9.17) is 4.74 Å². The van der Waals surface area contributed by atoms with Crippen LogP contribution in [0.2, 0.25) is 0 Å². The number of para-hydroxylation sites is 1. The SMILES string of the molecule is CC(=O)N[C@@H](Cc1c[nH]c2ccccc12)C(=O)OCc1ccccc1. The number of carbonyl (C=O) groups excluding carboxylic acids is 2. The Hall–Kier alpha value is -3.08. The average Bonchev–Trinajstić information content (AvgIpc) is 3.03. The second-order valence-corrected chi connectivity index (χ2v) is 5.91. The van der Waals surface area contributed by atoms with E-state index >= 15 is 0 Å². The van der Waals surface area contributed by atoms with Gasteiger partial charge in [0.25, 0.3) is 0 Å². The molecule has 0 saturated heterocycles. The number of hydrogen-bond donors (Lipinski definition) is 2. The van der Waals surface area contributed by atoms with Gasteiger partial charge in [-0.15, -0.1) is 0 Å². The lowest BCUT2D eigenvalue weighted by Crippen LogP contribution is -2.42. The molecule has 5 heteroatoms. The van der Waals surface area contributed by atoms with Crippen molar-refractivity contribution in [1.29, 1.82) is 0 Å². The number of benzene rings is 2. The number of H-pyrrole nitrogens is 1. The largest absolute Gasteiger partial charge is 0.459 e. The van der Waals surface area contributed by atoms with Crippen molar-refractivity contribution in [3.8, 4) is 0 Å². The van der Waals surface area contributed by atoms with E-state index < -0.39 is 12.0 Å². The molecule has 0 aliphatic heterocycles. The summed E-state index contributed by atoms with van der Waals surface area (Å²) in [6.07, 6.45) is 2.24. The van der Waals surface area contributed by atoms with Crippen molar-refractivity contribution in [2.75, 3.05) is 0 Å². The Morgan fingerprint density at radius 1 is 1.08 bits per heavy atom. The van der Waals surface area contributed by atoms with Gasteiger partial charge in [-0.1, -0.05) is 48.5 Å². The van der Waals surface area contributed by atoms with Crippen molar-refractivity contribution >= 4 is 22.8 Å². The molecule has 2 aromatic carbocycles. The van der Waals surface area contributed by atoms with E-state index in [-0.39, 0.29) is 12.5 Å². The van der Waals surface area contributed by atoms with Gasteiger partial charge in [0.05, 0.1) is 0 Å². The van der Waals surface area contributed by atoms with Crippen molar-refractivity contribution in [3.05, 3.63) is 71.9 Å². The number of nitrogens with one attached hydrogen (secondary N) is 2. The van der Waals surface area contributed by atoms with Crippen LogP contribution in [0.1, 0.15) is 18.1 Å². The number of aromatic amines is 1. The molecule has 1 heterocycles. The molecule has 25 heavy (non-hydrogen) atoms. The highest BCUT2D eigenvalue weighted by atomic mass is 16.5. The summed E-state index contributed by atoms with van der Waals surface area (Å²) in [5.74, 6) is -0.703. The minimum Gasteiger partial charge on any atom is -0.459 e. The van der Waals surface area contributed by atoms with Gasteiger partial charge >= 0.3 is 5.97 Å². The molecule has 1 aromatic heterocycles. The summed E-state index contributed by atoms with van der Waals surface area (Å²) in [5.41, 5.74) is 2.87. The molecule has 0 saturated carbocycles. The van der Waals surface area contributed by atoms with Crippen molar-refractivity contribution < 1.29 is 14.3 Å². The van der Waals surface area contributed by atoms with Crippen LogP contribution in [-0.2, 0) is 27.4 Å². The molecule has 3 aromatic rings. The van der Waals surface area contributed by atoms with Gasteiger partial charge in [-0.3, -0.25) is 4.79 Å². The lowest BCUT2D eigenvalue weighted by Gasteiger charge is -2.16. The number of ether oxygens (including phenoxy) is 1. The summed E-state index contributed by atoms with van der Waals surface area (Å²) in [6.45, 7) is 1.58. The van der Waals surface area contributed by atoms with E-state index in [2.05, 4.69) is 10.3 Å². The van der Waals surface area contributed by atoms with Gasteiger partial charge in [0.2, 0.25) is 5.91 Å². The van der Waals surface area contributed by atoms with E-state index in [1.807, 2.05) is 60.8 Å². The molecular formula is C20H20N2O3. The third kappa shape index (κ3) is 4.26. The zero-order chi connectivity index (χ0) is 17.6. The van der Waals surface area contributed by atoms with Crippen LogP contribution in [0.15, 0.2) is 60.8 Å². The summed E-state index contributed by atoms with van der Waals surface area (Å²) in [5, 5.41) is 3.73. The van der Waals surface area contributed by atoms with Gasteiger partial charge in [-0.2, -0.15) is 0 Å². The molecule has 0 aliphatic carbocycles. The smallest absolute Gasteiger partial charge is 0.329 e. The van der Waals surface area contributed by atoms with Crippen LogP contribution in [0.4, 0.5) is 0 Å². The van der Waals surface area contributed by atoms with E-state index in [1.165, 1.54) is 6.92 Å². The number of aromatic nitrogens is 1. The van der Waals surface area contributed by atoms with E-state index in [1.54, 1.807) is 0 Å². The van der Waals surface area contributed by atoms with Crippen LogP contribution in [0.5, 0.6) is 0 Å². The molecule has 2 N–H and O–H groups in total. The molecule has 128 valence electrons. The molecule has 3 rings (SSSR count). The van der Waals surface area contributed by atoms with Gasteiger partial charge < -0.3 is 15.0 Å². The maximum absolute atomic E-state index is 12.5. The highest BCUT2D eigenvalue weighted by Gasteiger charge is 2.23. The zero-order valence-electron chi connectivity index (χ0n) is 14.0. The molecule has 1 atom stereocenters. The molecule has 0 unspecified atom stereocenters. The number of rotatable bonds is 6. The predicted octanol–water partition coefficient (Wildman–Crippen LogP) is 2.96. The van der Waals surface area contributed by atoms with Crippen LogP contribution < -0.4 is 5.32 Å². The number of hydrogen-bond acceptors (Lipinski definition) is 3. The van der Waals surface area contributed by atoms with Crippen molar-refractivity contribution in [3.63, 3.8) is 0 Å². The summed E-state index contributed by atoms with van der Waals surface area (Å²) >= 11 is 0. The van der Waals surface area contributed by atoms with E-state index in [9.17, 15) is 9.59 Å². The molecule has 0 bridgehead atoms. The molecule has 0 aliphatic rings. The number of esters is 1. The lowest BCUT2D eigenvalue weighted by molar-refractivity contribution is -0.149. The predicted molar refractivity (Wildman–Crippen MR) is 95.8 cm³/mol. The normalized spacial score (nSPS) is 11.9. The first kappa shape index (κ1) is 16.8. The maximum atomic E-state index is 12.5. The van der Waals surface area contributed by atoms with Gasteiger partial charge in [0.1, 0.15) is 12.6 Å². The van der Waals surface area contributed by atoms with Gasteiger partial charge in [0, 0.05) is 30.4 Å². The van der Waals surface area contributed by atoms with Gasteiger partial charge in [-0.05, 0) is 17.2 Å². The van der Waals surface area contributed by atoms with Crippen LogP contribution >= 0.6 is 0 Å². The third-order valence-electron chi connectivity index (χ3n) is 3.98. The van der Waals surface area contributed by atoms with Gasteiger partial charge in [0.15, 0.2) is 0 Å². The number of fused-ring (bicyclic) bond motifs is 1. The quantitative estimate of drug-likeness (QED) is 0.680. The number of amides is 1. The summed E-state index contributed by atoms with van der Waals surface area (Å²) in [4.78, 5) is 27.1. The Labute approximate surface area is 146 Å². The molecule has 5 nitrogen and oxygen atoms in total. The number of carbonyl (C=O) groups is 2. The van der Waals surface area contributed by atoms with Crippen LogP contribution in [0.25, 0.3) is 10.9 Å². The van der Waals surface area contributed by atoms with E-state index in [0.29, 0.717) is 6.42 Å². The van der Waals surface area contributed by atoms with Gasteiger partial charge in [-0.25, -0.2) is 4.79 Å². The van der Waals surface area contributed by atoms with Crippen LogP contribution in [0, 0.1) is 0 Å². The maximum Gasteiger partial charge on any atom is 0.329 e. The van der Waals surface area contributed by atoms with Crippen LogP contribution in [0.3, 0.4) is 0 Å². The molecular weight excluding hydrogens is 316 g/mol. The average molecular weight is 336 g/mol. The zero-order valence-corrected chi connectivity index (χ0v) is 14.0. The van der Waals surface area contributed by atoms with E-state index in [0.717, 1.165) is 22.0 Å². The Balaban J connectivity index is 1.72. The lowest BCUT2D eigenvalue weighted by atomic mass is 10.0. The molecule has 0 fully saturated rings. The Kier molecular flexibility index (Phi) is 5.14. The Morgan fingerprint density at radius 3 is 2.56 bits per heavy atom. The summed E-state index contributed by atoms with van der Waals surface area (Å²) in [7, 11) is 0. The monoisotopic (exact) mass is 336 g/mol. The fraction of sp³-hybridized carbons (Fsp3) is 0.200. The fourth-order valence-electron chi connectivity index (χ4n) is 2.79. The third-order valence-corrected chi connectivity index (χ3v) is 3.98. The Morgan fingerprint density at radius 2 is 1.80 bits per heavy atom. The topological polar surface area (TPSA) is 71.2 Å².